The lowest BCUT2D eigenvalue weighted by molar-refractivity contribution is -0.0515. The van der Waals surface area contributed by atoms with Crippen molar-refractivity contribution in [2.45, 2.75) is 27.0 Å². The van der Waals surface area contributed by atoms with Crippen molar-refractivity contribution in [3.05, 3.63) is 42.5 Å². The van der Waals surface area contributed by atoms with E-state index in [-0.39, 0.29) is 17.5 Å². The van der Waals surface area contributed by atoms with Crippen molar-refractivity contribution in [3.63, 3.8) is 0 Å². The molecule has 156 valence electrons. The molecule has 0 atom stereocenters. The summed E-state index contributed by atoms with van der Waals surface area (Å²) in [6.45, 7) is 1.50. The molecule has 4 rings (SSSR count). The van der Waals surface area contributed by atoms with Gasteiger partial charge in [0.2, 0.25) is 5.88 Å². The normalized spacial score (nSPS) is 11.4. The zero-order chi connectivity index (χ0) is 21.4. The molecule has 0 saturated heterocycles. The third-order valence-electron chi connectivity index (χ3n) is 4.75. The van der Waals surface area contributed by atoms with Crippen LogP contribution in [0.5, 0.6) is 17.5 Å². The smallest absolute Gasteiger partial charge is 0.387 e. The van der Waals surface area contributed by atoms with Gasteiger partial charge < -0.3 is 14.6 Å². The molecule has 0 amide bonds. The van der Waals surface area contributed by atoms with Gasteiger partial charge in [-0.3, -0.25) is 9.25 Å². The standard InChI is InChI=1S/C20H19F2N5O3/c1-4-26-10-13(9-24-26)27-11(2)17-14(19(27)28)5-6-15(25-17)12-7-16(30-20(21)22)18(29-3)23-8-12/h5-10,20,28H,4H2,1-3H3. The lowest BCUT2D eigenvalue weighted by Gasteiger charge is -2.10. The van der Waals surface area contributed by atoms with Crippen LogP contribution in [0, 0.1) is 6.92 Å². The largest absolute Gasteiger partial charge is 0.494 e. The molecule has 0 fully saturated rings. The van der Waals surface area contributed by atoms with Gasteiger partial charge in [0.1, 0.15) is 0 Å². The highest BCUT2D eigenvalue weighted by Crippen LogP contribution is 2.36. The molecule has 0 aliphatic heterocycles. The number of ether oxygens (including phenoxy) is 2. The Balaban J connectivity index is 1.82. The van der Waals surface area contributed by atoms with Crippen LogP contribution in [-0.2, 0) is 6.54 Å². The first-order chi connectivity index (χ1) is 14.4. The SMILES string of the molecule is CCn1cc(-n2c(O)c3ccc(-c4cnc(OC)c(OC(F)F)c4)nc3c2C)cn1. The van der Waals surface area contributed by atoms with Crippen LogP contribution in [0.15, 0.2) is 36.8 Å². The molecule has 30 heavy (non-hydrogen) atoms. The molecule has 0 saturated carbocycles. The Labute approximate surface area is 170 Å². The molecule has 4 heterocycles. The molecule has 0 spiro atoms. The summed E-state index contributed by atoms with van der Waals surface area (Å²) in [7, 11) is 1.32. The van der Waals surface area contributed by atoms with Crippen LogP contribution in [0.4, 0.5) is 8.78 Å². The lowest BCUT2D eigenvalue weighted by atomic mass is 10.1. The predicted molar refractivity (Wildman–Crippen MR) is 105 cm³/mol. The first-order valence-corrected chi connectivity index (χ1v) is 9.16. The molecule has 0 radical (unpaired) electrons. The maximum Gasteiger partial charge on any atom is 0.387 e. The van der Waals surface area contributed by atoms with Crippen LogP contribution in [0.3, 0.4) is 0 Å². The number of rotatable bonds is 6. The topological polar surface area (TPSA) is 87.2 Å². The molecule has 0 aliphatic rings. The van der Waals surface area contributed by atoms with E-state index in [1.807, 2.05) is 20.0 Å². The van der Waals surface area contributed by atoms with Crippen molar-refractivity contribution in [2.24, 2.45) is 0 Å². The van der Waals surface area contributed by atoms with E-state index in [0.29, 0.717) is 40.1 Å². The van der Waals surface area contributed by atoms with Crippen molar-refractivity contribution in [2.75, 3.05) is 7.11 Å². The minimum atomic E-state index is -3.01. The maximum atomic E-state index is 12.7. The van der Waals surface area contributed by atoms with Crippen molar-refractivity contribution < 1.29 is 23.4 Å². The van der Waals surface area contributed by atoms with Gasteiger partial charge in [0.05, 0.1) is 35.6 Å². The fourth-order valence-electron chi connectivity index (χ4n) is 3.32. The average molecular weight is 415 g/mol. The van der Waals surface area contributed by atoms with Gasteiger partial charge in [-0.15, -0.1) is 0 Å². The number of nitrogens with zero attached hydrogens (tertiary/aromatic N) is 5. The molecule has 1 N–H and O–H groups in total. The molecular formula is C20H19F2N5O3. The predicted octanol–water partition coefficient (Wildman–Crippen LogP) is 3.93. The Kier molecular flexibility index (Phi) is 4.98. The van der Waals surface area contributed by atoms with Gasteiger partial charge in [-0.25, -0.2) is 9.97 Å². The highest BCUT2D eigenvalue weighted by atomic mass is 19.3. The number of aromatic hydroxyl groups is 1. The molecule has 10 heteroatoms. The van der Waals surface area contributed by atoms with Gasteiger partial charge in [0, 0.05) is 30.2 Å². The van der Waals surface area contributed by atoms with E-state index in [0.717, 1.165) is 0 Å². The number of aryl methyl sites for hydroxylation is 2. The fourth-order valence-corrected chi connectivity index (χ4v) is 3.32. The summed E-state index contributed by atoms with van der Waals surface area (Å²) in [5.74, 6) is -0.184. The summed E-state index contributed by atoms with van der Waals surface area (Å²) in [6.07, 6.45) is 4.95. The Bertz CT molecular complexity index is 1220. The summed E-state index contributed by atoms with van der Waals surface area (Å²) in [6, 6.07) is 4.79. The minimum Gasteiger partial charge on any atom is -0.494 e. The van der Waals surface area contributed by atoms with E-state index >= 15 is 0 Å². The second kappa shape index (κ2) is 7.62. The van der Waals surface area contributed by atoms with Crippen LogP contribution in [0.25, 0.3) is 27.8 Å². The summed E-state index contributed by atoms with van der Waals surface area (Å²) in [5.41, 5.74) is 2.96. The summed E-state index contributed by atoms with van der Waals surface area (Å²) in [4.78, 5) is 8.65. The maximum absolute atomic E-state index is 12.7. The number of fused-ring (bicyclic) bond motifs is 1. The minimum absolute atomic E-state index is 0.0479. The first-order valence-electron chi connectivity index (χ1n) is 9.16. The van der Waals surface area contributed by atoms with E-state index in [1.165, 1.54) is 19.4 Å². The van der Waals surface area contributed by atoms with Crippen molar-refractivity contribution in [1.29, 1.82) is 0 Å². The molecular weight excluding hydrogens is 396 g/mol. The summed E-state index contributed by atoms with van der Waals surface area (Å²) in [5, 5.41) is 15.5. The number of halogens is 2. The average Bonchev–Trinajstić information content (AvgIpc) is 3.30. The van der Waals surface area contributed by atoms with Gasteiger partial charge in [-0.1, -0.05) is 0 Å². The number of hydrogen-bond donors (Lipinski definition) is 1. The van der Waals surface area contributed by atoms with Crippen LogP contribution >= 0.6 is 0 Å². The van der Waals surface area contributed by atoms with Gasteiger partial charge in [-0.05, 0) is 32.0 Å². The van der Waals surface area contributed by atoms with Crippen molar-refractivity contribution in [1.82, 2.24) is 24.3 Å². The van der Waals surface area contributed by atoms with Crippen molar-refractivity contribution >= 4 is 10.9 Å². The van der Waals surface area contributed by atoms with E-state index in [4.69, 9.17) is 4.74 Å². The summed E-state index contributed by atoms with van der Waals surface area (Å²) < 4.78 is 38.3. The van der Waals surface area contributed by atoms with Crippen LogP contribution < -0.4 is 9.47 Å². The zero-order valence-electron chi connectivity index (χ0n) is 16.5. The Hall–Kier alpha value is -3.69. The lowest BCUT2D eigenvalue weighted by Crippen LogP contribution is -2.04. The summed E-state index contributed by atoms with van der Waals surface area (Å²) >= 11 is 0. The third kappa shape index (κ3) is 3.30. The molecule has 0 aliphatic carbocycles. The van der Waals surface area contributed by atoms with Gasteiger partial charge >= 0.3 is 6.61 Å². The van der Waals surface area contributed by atoms with Gasteiger partial charge in [0.15, 0.2) is 5.75 Å². The van der Waals surface area contributed by atoms with Crippen LogP contribution in [0.2, 0.25) is 0 Å². The van der Waals surface area contributed by atoms with Crippen molar-refractivity contribution in [3.8, 4) is 34.5 Å². The number of aromatic nitrogens is 5. The highest BCUT2D eigenvalue weighted by Gasteiger charge is 2.19. The third-order valence-corrected chi connectivity index (χ3v) is 4.75. The zero-order valence-corrected chi connectivity index (χ0v) is 16.5. The number of pyridine rings is 2. The monoisotopic (exact) mass is 415 g/mol. The highest BCUT2D eigenvalue weighted by molar-refractivity contribution is 5.90. The molecule has 0 unspecified atom stereocenters. The van der Waals surface area contributed by atoms with E-state index in [2.05, 4.69) is 19.8 Å². The van der Waals surface area contributed by atoms with E-state index < -0.39 is 6.61 Å². The molecule has 0 bridgehead atoms. The second-order valence-corrected chi connectivity index (χ2v) is 6.50. The van der Waals surface area contributed by atoms with E-state index in [9.17, 15) is 13.9 Å². The number of alkyl halides is 2. The number of methoxy groups -OCH3 is 1. The molecule has 4 aromatic rings. The Morgan fingerprint density at radius 2 is 2.03 bits per heavy atom. The molecule has 0 aromatic carbocycles. The van der Waals surface area contributed by atoms with Gasteiger partial charge in [-0.2, -0.15) is 13.9 Å². The molecule has 8 nitrogen and oxygen atoms in total. The van der Waals surface area contributed by atoms with Gasteiger partial charge in [0.25, 0.3) is 5.88 Å². The van der Waals surface area contributed by atoms with Crippen LogP contribution in [-0.4, -0.2) is 43.1 Å². The quantitative estimate of drug-likeness (QED) is 0.514. The Morgan fingerprint density at radius 1 is 1.23 bits per heavy atom. The Morgan fingerprint density at radius 3 is 2.70 bits per heavy atom. The second-order valence-electron chi connectivity index (χ2n) is 6.50. The first kappa shape index (κ1) is 19.6. The fraction of sp³-hybridized carbons (Fsp3) is 0.250. The molecule has 4 aromatic heterocycles. The number of hydrogen-bond acceptors (Lipinski definition) is 6. The van der Waals surface area contributed by atoms with Crippen LogP contribution in [0.1, 0.15) is 12.6 Å². The van der Waals surface area contributed by atoms with E-state index in [1.54, 1.807) is 27.6 Å².